The Balaban J connectivity index is 3.53. The maximum atomic E-state index is 8.48. The molecule has 84 valence electrons. The zero-order chi connectivity index (χ0) is 10.8. The summed E-state index contributed by atoms with van der Waals surface area (Å²) >= 11 is 0. The van der Waals surface area contributed by atoms with E-state index in [9.17, 15) is 0 Å². The molecule has 4 N–H and O–H groups in total. The van der Waals surface area contributed by atoms with Crippen LogP contribution in [-0.2, 0) is 4.74 Å². The van der Waals surface area contributed by atoms with Gasteiger partial charge >= 0.3 is 0 Å². The molecule has 1 atom stereocenters. The lowest BCUT2D eigenvalue weighted by Gasteiger charge is -2.14. The largest absolute Gasteiger partial charge is 0.409 e. The lowest BCUT2D eigenvalue weighted by atomic mass is 10.2. The second-order valence-corrected chi connectivity index (χ2v) is 3.14. The third-order valence-electron chi connectivity index (χ3n) is 2.05. The number of ether oxygens (including phenoxy) is 1. The highest BCUT2D eigenvalue weighted by atomic mass is 16.5. The normalized spacial score (nSPS) is 14.3. The number of nitrogens with two attached hydrogens (primary N) is 1. The van der Waals surface area contributed by atoms with E-state index in [0.29, 0.717) is 0 Å². The Labute approximate surface area is 85.3 Å². The third kappa shape index (κ3) is 5.77. The smallest absolute Gasteiger partial charge is 0.156 e. The summed E-state index contributed by atoms with van der Waals surface area (Å²) in [5.41, 5.74) is 5.48. The minimum atomic E-state index is -0.0254. The predicted octanol–water partition coefficient (Wildman–Crippen LogP) is 0.528. The van der Waals surface area contributed by atoms with E-state index < -0.39 is 0 Å². The minimum absolute atomic E-state index is 0.0254. The van der Waals surface area contributed by atoms with E-state index in [1.54, 1.807) is 7.11 Å². The van der Waals surface area contributed by atoms with Gasteiger partial charge in [0.2, 0.25) is 0 Å². The summed E-state index contributed by atoms with van der Waals surface area (Å²) in [5.74, 6) is 0.249. The standard InChI is InChI=1S/C9H21N3O2/c1-3-8(9(10)12-13)11-6-4-5-7-14-2/h8,11,13H,3-7H2,1-2H3,(H2,10,12). The van der Waals surface area contributed by atoms with Crippen molar-refractivity contribution in [3.8, 4) is 0 Å². The van der Waals surface area contributed by atoms with Gasteiger partial charge in [-0.25, -0.2) is 0 Å². The summed E-state index contributed by atoms with van der Waals surface area (Å²) in [6, 6.07) is -0.0254. The predicted molar refractivity (Wildman–Crippen MR) is 56.6 cm³/mol. The molecular weight excluding hydrogens is 182 g/mol. The van der Waals surface area contributed by atoms with Gasteiger partial charge in [0.1, 0.15) is 0 Å². The molecule has 0 bridgehead atoms. The Morgan fingerprint density at radius 2 is 2.29 bits per heavy atom. The maximum Gasteiger partial charge on any atom is 0.156 e. The summed E-state index contributed by atoms with van der Waals surface area (Å²) in [6.45, 7) is 3.63. The molecule has 0 aromatic carbocycles. The lowest BCUT2D eigenvalue weighted by molar-refractivity contribution is 0.192. The molecule has 0 aliphatic heterocycles. The van der Waals surface area contributed by atoms with Crippen molar-refractivity contribution in [1.29, 1.82) is 0 Å². The number of methoxy groups -OCH3 is 1. The third-order valence-corrected chi connectivity index (χ3v) is 2.05. The van der Waals surface area contributed by atoms with Crippen molar-refractivity contribution in [2.75, 3.05) is 20.3 Å². The van der Waals surface area contributed by atoms with Crippen LogP contribution in [0.25, 0.3) is 0 Å². The molecule has 0 rings (SSSR count). The number of rotatable bonds is 8. The van der Waals surface area contributed by atoms with E-state index in [4.69, 9.17) is 15.7 Å². The average molecular weight is 203 g/mol. The molecule has 0 aliphatic carbocycles. The van der Waals surface area contributed by atoms with E-state index in [1.165, 1.54) is 0 Å². The Hall–Kier alpha value is -0.810. The molecule has 14 heavy (non-hydrogen) atoms. The number of unbranched alkanes of at least 4 members (excludes halogenated alkanes) is 1. The first kappa shape index (κ1) is 13.2. The van der Waals surface area contributed by atoms with Gasteiger partial charge in [-0.2, -0.15) is 0 Å². The second-order valence-electron chi connectivity index (χ2n) is 3.14. The first-order valence-corrected chi connectivity index (χ1v) is 4.96. The van der Waals surface area contributed by atoms with Crippen molar-refractivity contribution in [3.05, 3.63) is 0 Å². The summed E-state index contributed by atoms with van der Waals surface area (Å²) in [4.78, 5) is 0. The Morgan fingerprint density at radius 3 is 2.79 bits per heavy atom. The van der Waals surface area contributed by atoms with Crippen molar-refractivity contribution in [2.24, 2.45) is 10.9 Å². The van der Waals surface area contributed by atoms with Crippen LogP contribution in [0.3, 0.4) is 0 Å². The highest BCUT2D eigenvalue weighted by Gasteiger charge is 2.09. The van der Waals surface area contributed by atoms with Gasteiger partial charge in [0.05, 0.1) is 6.04 Å². The van der Waals surface area contributed by atoms with Crippen LogP contribution in [0, 0.1) is 0 Å². The van der Waals surface area contributed by atoms with Gasteiger partial charge in [0.25, 0.3) is 0 Å². The second kappa shape index (κ2) is 8.77. The minimum Gasteiger partial charge on any atom is -0.409 e. The van der Waals surface area contributed by atoms with Crippen molar-refractivity contribution in [3.63, 3.8) is 0 Å². The Bertz CT molecular complexity index is 162. The topological polar surface area (TPSA) is 79.9 Å². The lowest BCUT2D eigenvalue weighted by Crippen LogP contribution is -2.41. The number of nitrogens with zero attached hydrogens (tertiary/aromatic N) is 1. The average Bonchev–Trinajstić information content (AvgIpc) is 2.22. The van der Waals surface area contributed by atoms with Gasteiger partial charge in [-0.15, -0.1) is 0 Å². The molecule has 0 saturated carbocycles. The molecule has 0 spiro atoms. The molecule has 5 nitrogen and oxygen atoms in total. The molecule has 1 unspecified atom stereocenters. The van der Waals surface area contributed by atoms with Gasteiger partial charge in [-0.1, -0.05) is 12.1 Å². The Kier molecular flexibility index (Phi) is 8.27. The highest BCUT2D eigenvalue weighted by Crippen LogP contribution is 1.93. The molecule has 0 aromatic rings. The Morgan fingerprint density at radius 1 is 1.57 bits per heavy atom. The van der Waals surface area contributed by atoms with Crippen molar-refractivity contribution in [2.45, 2.75) is 32.2 Å². The SMILES string of the molecule is CCC(NCCCCOC)C(N)=NO. The monoisotopic (exact) mass is 203 g/mol. The van der Waals surface area contributed by atoms with Gasteiger partial charge < -0.3 is 21.0 Å². The molecular formula is C9H21N3O2. The van der Waals surface area contributed by atoms with Crippen molar-refractivity contribution >= 4 is 5.84 Å². The molecule has 0 saturated heterocycles. The summed E-state index contributed by atoms with van der Waals surface area (Å²) in [7, 11) is 1.69. The number of oxime groups is 1. The summed E-state index contributed by atoms with van der Waals surface area (Å²) < 4.78 is 4.93. The summed E-state index contributed by atoms with van der Waals surface area (Å²) in [6.07, 6.45) is 2.87. The fourth-order valence-corrected chi connectivity index (χ4v) is 1.18. The fourth-order valence-electron chi connectivity index (χ4n) is 1.18. The molecule has 0 fully saturated rings. The quantitative estimate of drug-likeness (QED) is 0.177. The molecule has 0 aromatic heterocycles. The van der Waals surface area contributed by atoms with Gasteiger partial charge in [0.15, 0.2) is 5.84 Å². The first-order chi connectivity index (χ1) is 6.76. The number of hydrogen-bond acceptors (Lipinski definition) is 4. The molecule has 0 amide bonds. The molecule has 0 heterocycles. The number of hydrogen-bond donors (Lipinski definition) is 3. The summed E-state index contributed by atoms with van der Waals surface area (Å²) in [5, 5.41) is 14.7. The van der Waals surface area contributed by atoms with Crippen LogP contribution < -0.4 is 11.1 Å². The first-order valence-electron chi connectivity index (χ1n) is 4.96. The van der Waals surface area contributed by atoms with Crippen LogP contribution in [0.15, 0.2) is 5.16 Å². The van der Waals surface area contributed by atoms with E-state index in [1.807, 2.05) is 6.92 Å². The van der Waals surface area contributed by atoms with Crippen LogP contribution in [-0.4, -0.2) is 37.3 Å². The van der Waals surface area contributed by atoms with Crippen molar-refractivity contribution in [1.82, 2.24) is 5.32 Å². The van der Waals surface area contributed by atoms with Crippen LogP contribution in [0.4, 0.5) is 0 Å². The van der Waals surface area contributed by atoms with Crippen molar-refractivity contribution < 1.29 is 9.94 Å². The van der Waals surface area contributed by atoms with E-state index in [0.717, 1.165) is 32.4 Å². The highest BCUT2D eigenvalue weighted by molar-refractivity contribution is 5.85. The van der Waals surface area contributed by atoms with Crippen LogP contribution in [0.1, 0.15) is 26.2 Å². The van der Waals surface area contributed by atoms with Gasteiger partial charge in [0, 0.05) is 13.7 Å². The zero-order valence-corrected chi connectivity index (χ0v) is 8.99. The number of nitrogens with one attached hydrogen (secondary N) is 1. The zero-order valence-electron chi connectivity index (χ0n) is 8.99. The van der Waals surface area contributed by atoms with Gasteiger partial charge in [-0.05, 0) is 25.8 Å². The molecule has 0 aliphatic rings. The number of amidine groups is 1. The van der Waals surface area contributed by atoms with Crippen LogP contribution in [0.5, 0.6) is 0 Å². The van der Waals surface area contributed by atoms with Crippen LogP contribution >= 0.6 is 0 Å². The molecule has 5 heteroatoms. The van der Waals surface area contributed by atoms with Crippen LogP contribution in [0.2, 0.25) is 0 Å². The fraction of sp³-hybridized carbons (Fsp3) is 0.889. The van der Waals surface area contributed by atoms with E-state index in [2.05, 4.69) is 10.5 Å². The maximum absolute atomic E-state index is 8.48. The van der Waals surface area contributed by atoms with E-state index in [-0.39, 0.29) is 11.9 Å². The van der Waals surface area contributed by atoms with E-state index >= 15 is 0 Å². The molecule has 0 radical (unpaired) electrons. The van der Waals surface area contributed by atoms with Gasteiger partial charge in [-0.3, -0.25) is 0 Å².